The van der Waals surface area contributed by atoms with Crippen molar-refractivity contribution < 1.29 is 28.7 Å². The van der Waals surface area contributed by atoms with Crippen LogP contribution < -0.4 is 27.0 Å². The van der Waals surface area contributed by atoms with E-state index in [-0.39, 0.29) is 38.4 Å². The predicted octanol–water partition coefficient (Wildman–Crippen LogP) is 0.148. The maximum atomic E-state index is 12.7. The van der Waals surface area contributed by atoms with Gasteiger partial charge in [-0.05, 0) is 30.5 Å². The number of primary amides is 1. The number of hydrogen-bond donors (Lipinski definition) is 5. The Morgan fingerprint density at radius 2 is 1.71 bits per heavy atom. The van der Waals surface area contributed by atoms with E-state index < -0.39 is 29.9 Å². The molecule has 0 fully saturated rings. The minimum absolute atomic E-state index is 0.124. The van der Waals surface area contributed by atoms with Gasteiger partial charge in [0, 0.05) is 25.6 Å². The number of rotatable bonds is 12. The van der Waals surface area contributed by atoms with Crippen molar-refractivity contribution in [2.24, 2.45) is 5.73 Å². The smallest absolute Gasteiger partial charge is 0.312 e. The zero-order chi connectivity index (χ0) is 23.2. The first-order valence-corrected chi connectivity index (χ1v) is 9.83. The SMILES string of the molecule is CCC(=O)NCC(=O)NC(CCCNC(N)=O)C(=O)Nc1ccc(COC(C)=O)cc1. The summed E-state index contributed by atoms with van der Waals surface area (Å²) >= 11 is 0. The number of amides is 5. The molecule has 11 nitrogen and oxygen atoms in total. The van der Waals surface area contributed by atoms with Gasteiger partial charge >= 0.3 is 12.0 Å². The van der Waals surface area contributed by atoms with Crippen LogP contribution in [0.2, 0.25) is 0 Å². The molecule has 0 saturated carbocycles. The Balaban J connectivity index is 2.69. The van der Waals surface area contributed by atoms with Crippen molar-refractivity contribution in [2.45, 2.75) is 45.8 Å². The third-order valence-corrected chi connectivity index (χ3v) is 4.05. The van der Waals surface area contributed by atoms with Crippen molar-refractivity contribution in [1.82, 2.24) is 16.0 Å². The third kappa shape index (κ3) is 11.2. The van der Waals surface area contributed by atoms with Gasteiger partial charge in [0.25, 0.3) is 0 Å². The number of anilines is 1. The van der Waals surface area contributed by atoms with Gasteiger partial charge in [-0.1, -0.05) is 19.1 Å². The third-order valence-electron chi connectivity index (χ3n) is 4.05. The lowest BCUT2D eigenvalue weighted by molar-refractivity contribution is -0.142. The molecule has 31 heavy (non-hydrogen) atoms. The van der Waals surface area contributed by atoms with Crippen LogP contribution in [0.25, 0.3) is 0 Å². The maximum absolute atomic E-state index is 12.7. The van der Waals surface area contributed by atoms with Gasteiger partial charge in [0.2, 0.25) is 17.7 Å². The van der Waals surface area contributed by atoms with E-state index in [9.17, 15) is 24.0 Å². The molecule has 0 aliphatic carbocycles. The molecule has 1 aromatic rings. The molecule has 0 aromatic heterocycles. The highest BCUT2D eigenvalue weighted by atomic mass is 16.5. The fourth-order valence-corrected chi connectivity index (χ4v) is 2.43. The molecular formula is C20H29N5O6. The number of nitrogens with one attached hydrogen (secondary N) is 4. The second-order valence-electron chi connectivity index (χ2n) is 6.65. The van der Waals surface area contributed by atoms with Gasteiger partial charge in [0.05, 0.1) is 6.54 Å². The number of esters is 1. The summed E-state index contributed by atoms with van der Waals surface area (Å²) in [5.74, 6) is -1.64. The highest BCUT2D eigenvalue weighted by Crippen LogP contribution is 2.12. The van der Waals surface area contributed by atoms with Crippen molar-refractivity contribution in [3.05, 3.63) is 29.8 Å². The van der Waals surface area contributed by atoms with E-state index in [0.717, 1.165) is 5.56 Å². The molecule has 0 aliphatic rings. The van der Waals surface area contributed by atoms with Gasteiger partial charge in [-0.2, -0.15) is 0 Å². The van der Waals surface area contributed by atoms with Crippen LogP contribution in [0.15, 0.2) is 24.3 Å². The van der Waals surface area contributed by atoms with Gasteiger partial charge in [-0.25, -0.2) is 4.79 Å². The van der Waals surface area contributed by atoms with Crippen LogP contribution in [0.4, 0.5) is 10.5 Å². The zero-order valence-electron chi connectivity index (χ0n) is 17.7. The fraction of sp³-hybridized carbons (Fsp3) is 0.450. The second-order valence-corrected chi connectivity index (χ2v) is 6.65. The summed E-state index contributed by atoms with van der Waals surface area (Å²) in [5, 5.41) is 10.1. The first kappa shape index (κ1) is 25.4. The first-order valence-electron chi connectivity index (χ1n) is 9.83. The summed E-state index contributed by atoms with van der Waals surface area (Å²) in [6.45, 7) is 3.09. The molecule has 5 amide bonds. The number of urea groups is 1. The summed E-state index contributed by atoms with van der Waals surface area (Å²) in [6.07, 6.45) is 0.873. The Bertz CT molecular complexity index is 781. The Kier molecular flexibility index (Phi) is 11.1. The minimum Gasteiger partial charge on any atom is -0.461 e. The van der Waals surface area contributed by atoms with Crippen LogP contribution in [0, 0.1) is 0 Å². The first-order chi connectivity index (χ1) is 14.7. The van der Waals surface area contributed by atoms with Crippen LogP contribution in [-0.2, 0) is 30.5 Å². The molecule has 1 atom stereocenters. The van der Waals surface area contributed by atoms with E-state index in [1.807, 2.05) is 0 Å². The number of nitrogens with two attached hydrogens (primary N) is 1. The molecule has 6 N–H and O–H groups in total. The lowest BCUT2D eigenvalue weighted by Gasteiger charge is -2.19. The lowest BCUT2D eigenvalue weighted by atomic mass is 10.1. The molecule has 1 rings (SSSR count). The van der Waals surface area contributed by atoms with Crippen LogP contribution in [0.3, 0.4) is 0 Å². The van der Waals surface area contributed by atoms with Gasteiger partial charge in [-0.15, -0.1) is 0 Å². The number of carbonyl (C=O) groups is 5. The molecular weight excluding hydrogens is 406 g/mol. The summed E-state index contributed by atoms with van der Waals surface area (Å²) < 4.78 is 4.91. The number of benzene rings is 1. The second kappa shape index (κ2) is 13.6. The molecule has 170 valence electrons. The molecule has 0 radical (unpaired) electrons. The van der Waals surface area contributed by atoms with E-state index >= 15 is 0 Å². The van der Waals surface area contributed by atoms with Crippen LogP contribution in [0.1, 0.15) is 38.7 Å². The van der Waals surface area contributed by atoms with Crippen molar-refractivity contribution in [2.75, 3.05) is 18.4 Å². The fourth-order valence-electron chi connectivity index (χ4n) is 2.43. The van der Waals surface area contributed by atoms with Crippen molar-refractivity contribution in [3.8, 4) is 0 Å². The molecule has 0 saturated heterocycles. The quantitative estimate of drug-likeness (QED) is 0.231. The monoisotopic (exact) mass is 435 g/mol. The van der Waals surface area contributed by atoms with E-state index in [1.54, 1.807) is 31.2 Å². The highest BCUT2D eigenvalue weighted by Gasteiger charge is 2.21. The molecule has 0 heterocycles. The lowest BCUT2D eigenvalue weighted by Crippen LogP contribution is -2.47. The van der Waals surface area contributed by atoms with E-state index in [1.165, 1.54) is 6.92 Å². The van der Waals surface area contributed by atoms with E-state index in [4.69, 9.17) is 10.5 Å². The Morgan fingerprint density at radius 3 is 2.29 bits per heavy atom. The van der Waals surface area contributed by atoms with Gasteiger partial charge in [0.15, 0.2) is 0 Å². The largest absolute Gasteiger partial charge is 0.461 e. The summed E-state index contributed by atoms with van der Waals surface area (Å²) in [5.41, 5.74) is 6.26. The predicted molar refractivity (Wildman–Crippen MR) is 113 cm³/mol. The molecule has 1 aromatic carbocycles. The molecule has 1 unspecified atom stereocenters. The van der Waals surface area contributed by atoms with Crippen LogP contribution in [-0.4, -0.2) is 48.9 Å². The zero-order valence-corrected chi connectivity index (χ0v) is 17.7. The van der Waals surface area contributed by atoms with Crippen molar-refractivity contribution >= 4 is 35.4 Å². The van der Waals surface area contributed by atoms with Crippen LogP contribution >= 0.6 is 0 Å². The average Bonchev–Trinajstić information content (AvgIpc) is 2.73. The average molecular weight is 435 g/mol. The van der Waals surface area contributed by atoms with Crippen molar-refractivity contribution in [1.29, 1.82) is 0 Å². The summed E-state index contributed by atoms with van der Waals surface area (Å²) in [6, 6.07) is 5.12. The number of carbonyl (C=O) groups excluding carboxylic acids is 5. The highest BCUT2D eigenvalue weighted by molar-refractivity contribution is 5.97. The molecule has 11 heteroatoms. The van der Waals surface area contributed by atoms with Gasteiger partial charge < -0.3 is 31.7 Å². The Morgan fingerprint density at radius 1 is 1.03 bits per heavy atom. The summed E-state index contributed by atoms with van der Waals surface area (Å²) in [4.78, 5) is 57.7. The molecule has 0 bridgehead atoms. The topological polar surface area (TPSA) is 169 Å². The number of hydrogen-bond acceptors (Lipinski definition) is 6. The van der Waals surface area contributed by atoms with E-state index in [0.29, 0.717) is 12.1 Å². The Labute approximate surface area is 180 Å². The maximum Gasteiger partial charge on any atom is 0.312 e. The van der Waals surface area contributed by atoms with Gasteiger partial charge in [-0.3, -0.25) is 19.2 Å². The Hall–Kier alpha value is -3.63. The summed E-state index contributed by atoms with van der Waals surface area (Å²) in [7, 11) is 0. The van der Waals surface area contributed by atoms with Crippen LogP contribution in [0.5, 0.6) is 0 Å². The molecule has 0 aliphatic heterocycles. The standard InChI is InChI=1S/C20H29N5O6/c1-3-17(27)23-11-18(28)25-16(5-4-10-22-20(21)30)19(29)24-15-8-6-14(7-9-15)12-31-13(2)26/h6-9,16H,3-5,10-12H2,1-2H3,(H,23,27)(H,24,29)(H,25,28)(H3,21,22,30). The van der Waals surface area contributed by atoms with E-state index in [2.05, 4.69) is 21.3 Å². The molecule has 0 spiro atoms. The van der Waals surface area contributed by atoms with Crippen molar-refractivity contribution in [3.63, 3.8) is 0 Å². The number of ether oxygens (including phenoxy) is 1. The minimum atomic E-state index is -0.888. The normalized spacial score (nSPS) is 11.0. The van der Waals surface area contributed by atoms with Gasteiger partial charge in [0.1, 0.15) is 12.6 Å².